The molecule has 124 valence electrons. The van der Waals surface area contributed by atoms with E-state index in [9.17, 15) is 4.39 Å². The highest BCUT2D eigenvalue weighted by Crippen LogP contribution is 2.31. The van der Waals surface area contributed by atoms with Crippen LogP contribution in [0.15, 0.2) is 49.0 Å². The third-order valence-electron chi connectivity index (χ3n) is 4.56. The van der Waals surface area contributed by atoms with E-state index in [0.29, 0.717) is 5.56 Å². The Kier molecular flexibility index (Phi) is 3.61. The number of benzene rings is 2. The Bertz CT molecular complexity index is 1130. The first-order chi connectivity index (χ1) is 12.1. The first-order valence-corrected chi connectivity index (χ1v) is 8.20. The first-order valence-electron chi connectivity index (χ1n) is 8.20. The molecule has 0 fully saturated rings. The second-order valence-electron chi connectivity index (χ2n) is 6.15. The molecule has 0 atom stereocenters. The summed E-state index contributed by atoms with van der Waals surface area (Å²) in [4.78, 5) is 9.49. The van der Waals surface area contributed by atoms with Gasteiger partial charge in [-0.1, -0.05) is 43.0 Å². The molecule has 4 heteroatoms. The lowest BCUT2D eigenvalue weighted by atomic mass is 10.1. The molecule has 0 saturated carbocycles. The van der Waals surface area contributed by atoms with Crippen LogP contribution in [0, 0.1) is 13.8 Å². The summed E-state index contributed by atoms with van der Waals surface area (Å²) in [6.07, 6.45) is 1.81. The smallest absolute Gasteiger partial charge is 0.145 e. The summed E-state index contributed by atoms with van der Waals surface area (Å²) in [5.41, 5.74) is 7.05. The molecule has 0 radical (unpaired) electrons. The van der Waals surface area contributed by atoms with Crippen LogP contribution in [0.2, 0.25) is 0 Å². The summed E-state index contributed by atoms with van der Waals surface area (Å²) in [6, 6.07) is 13.5. The molecular formula is C21H18FN3. The monoisotopic (exact) mass is 331 g/mol. The zero-order chi connectivity index (χ0) is 17.6. The molecule has 4 aromatic rings. The number of aromatic nitrogens is 3. The summed E-state index contributed by atoms with van der Waals surface area (Å²) in [7, 11) is 0. The van der Waals surface area contributed by atoms with Gasteiger partial charge >= 0.3 is 0 Å². The van der Waals surface area contributed by atoms with E-state index in [-0.39, 0.29) is 0 Å². The van der Waals surface area contributed by atoms with Crippen molar-refractivity contribution >= 4 is 22.6 Å². The van der Waals surface area contributed by atoms with Crippen LogP contribution in [0.1, 0.15) is 22.5 Å². The van der Waals surface area contributed by atoms with Crippen molar-refractivity contribution in [1.82, 2.24) is 14.4 Å². The predicted molar refractivity (Wildman–Crippen MR) is 100 cm³/mol. The van der Waals surface area contributed by atoms with Crippen molar-refractivity contribution in [2.45, 2.75) is 20.5 Å². The second kappa shape index (κ2) is 5.81. The lowest BCUT2D eigenvalue weighted by molar-refractivity contribution is 0.486. The molecule has 25 heavy (non-hydrogen) atoms. The summed E-state index contributed by atoms with van der Waals surface area (Å²) in [5, 5.41) is 0. The number of imidazole rings is 1. The van der Waals surface area contributed by atoms with Crippen LogP contribution >= 0.6 is 0 Å². The van der Waals surface area contributed by atoms with Crippen molar-refractivity contribution in [2.75, 3.05) is 0 Å². The molecule has 0 saturated heterocycles. The van der Waals surface area contributed by atoms with Crippen molar-refractivity contribution < 1.29 is 4.39 Å². The van der Waals surface area contributed by atoms with Crippen molar-refractivity contribution in [3.63, 3.8) is 0 Å². The van der Waals surface area contributed by atoms with E-state index in [1.807, 2.05) is 56.3 Å². The fourth-order valence-corrected chi connectivity index (χ4v) is 3.40. The number of nitrogens with zero attached hydrogens (tertiary/aromatic N) is 3. The van der Waals surface area contributed by atoms with Crippen molar-refractivity contribution in [2.24, 2.45) is 0 Å². The van der Waals surface area contributed by atoms with Gasteiger partial charge in [-0.25, -0.2) is 14.4 Å². The Morgan fingerprint density at radius 2 is 1.84 bits per heavy atom. The largest absolute Gasteiger partial charge is 0.289 e. The summed E-state index contributed by atoms with van der Waals surface area (Å²) in [6.45, 7) is 7.28. The Hall–Kier alpha value is -3.01. The van der Waals surface area contributed by atoms with Gasteiger partial charge in [0.05, 0.1) is 27.9 Å². The Morgan fingerprint density at radius 1 is 1.08 bits per heavy atom. The number of rotatable bonds is 3. The molecule has 0 unspecified atom stereocenters. The van der Waals surface area contributed by atoms with Crippen LogP contribution in [-0.2, 0) is 6.67 Å². The minimum Gasteiger partial charge on any atom is -0.289 e. The van der Waals surface area contributed by atoms with Gasteiger partial charge in [0, 0.05) is 5.56 Å². The van der Waals surface area contributed by atoms with Crippen LogP contribution in [0.3, 0.4) is 0 Å². The zero-order valence-electron chi connectivity index (χ0n) is 14.3. The maximum atomic E-state index is 13.5. The number of hydrogen-bond donors (Lipinski definition) is 0. The average molecular weight is 331 g/mol. The SMILES string of the molecule is C=Cc1ccc2nc(C)c3c(C)nc(-c4ccccc4CF)n3c2c1. The third kappa shape index (κ3) is 2.33. The molecule has 0 bridgehead atoms. The van der Waals surface area contributed by atoms with Gasteiger partial charge in [-0.15, -0.1) is 0 Å². The first kappa shape index (κ1) is 15.5. The Morgan fingerprint density at radius 3 is 2.60 bits per heavy atom. The lowest BCUT2D eigenvalue weighted by Gasteiger charge is -2.10. The molecule has 0 aliphatic rings. The predicted octanol–water partition coefficient (Wildman–Crippen LogP) is 5.28. The van der Waals surface area contributed by atoms with Gasteiger partial charge in [0.15, 0.2) is 0 Å². The normalized spacial score (nSPS) is 11.3. The van der Waals surface area contributed by atoms with Crippen molar-refractivity contribution in [1.29, 1.82) is 0 Å². The van der Waals surface area contributed by atoms with Gasteiger partial charge in [-0.05, 0) is 37.1 Å². The van der Waals surface area contributed by atoms with Gasteiger partial charge in [0.25, 0.3) is 0 Å². The molecule has 3 nitrogen and oxygen atoms in total. The number of halogens is 1. The van der Waals surface area contributed by atoms with E-state index in [4.69, 9.17) is 9.97 Å². The molecule has 0 N–H and O–H groups in total. The van der Waals surface area contributed by atoms with Gasteiger partial charge in [0.2, 0.25) is 0 Å². The van der Waals surface area contributed by atoms with Crippen LogP contribution < -0.4 is 0 Å². The number of alkyl halides is 1. The van der Waals surface area contributed by atoms with Crippen LogP contribution in [0.4, 0.5) is 4.39 Å². The van der Waals surface area contributed by atoms with Crippen LogP contribution in [0.5, 0.6) is 0 Å². The molecular weight excluding hydrogens is 313 g/mol. The standard InChI is InChI=1S/C21H18FN3/c1-4-15-9-10-18-19(11-15)25-20(13(2)23-18)14(3)24-21(25)17-8-6-5-7-16(17)12-22/h4-11H,1,12H2,2-3H3. The van der Waals surface area contributed by atoms with E-state index in [1.54, 1.807) is 6.07 Å². The topological polar surface area (TPSA) is 30.2 Å². The molecule has 2 aromatic heterocycles. The van der Waals surface area contributed by atoms with Crippen LogP contribution in [-0.4, -0.2) is 14.4 Å². The molecule has 0 amide bonds. The Balaban J connectivity index is 2.20. The highest BCUT2D eigenvalue weighted by atomic mass is 19.1. The number of fused-ring (bicyclic) bond motifs is 3. The highest BCUT2D eigenvalue weighted by Gasteiger charge is 2.18. The van der Waals surface area contributed by atoms with Crippen molar-refractivity contribution in [3.8, 4) is 11.4 Å². The molecule has 2 heterocycles. The number of aryl methyl sites for hydroxylation is 2. The molecule has 0 aliphatic heterocycles. The maximum absolute atomic E-state index is 13.5. The maximum Gasteiger partial charge on any atom is 0.145 e. The van der Waals surface area contributed by atoms with Crippen LogP contribution in [0.25, 0.3) is 34.0 Å². The fourth-order valence-electron chi connectivity index (χ4n) is 3.40. The fraction of sp³-hybridized carbons (Fsp3) is 0.143. The van der Waals surface area contributed by atoms with E-state index < -0.39 is 6.67 Å². The van der Waals surface area contributed by atoms with Gasteiger partial charge in [-0.3, -0.25) is 4.40 Å². The van der Waals surface area contributed by atoms with E-state index in [1.165, 1.54) is 0 Å². The highest BCUT2D eigenvalue weighted by molar-refractivity contribution is 5.85. The number of hydrogen-bond acceptors (Lipinski definition) is 2. The quantitative estimate of drug-likeness (QED) is 0.511. The zero-order valence-corrected chi connectivity index (χ0v) is 14.3. The molecule has 4 rings (SSSR count). The minimum atomic E-state index is -0.524. The van der Waals surface area contributed by atoms with Gasteiger partial charge in [-0.2, -0.15) is 0 Å². The average Bonchev–Trinajstić information content (AvgIpc) is 2.99. The van der Waals surface area contributed by atoms with E-state index in [0.717, 1.165) is 44.9 Å². The molecule has 0 spiro atoms. The lowest BCUT2D eigenvalue weighted by Crippen LogP contribution is -1.99. The second-order valence-corrected chi connectivity index (χ2v) is 6.15. The summed E-state index contributed by atoms with van der Waals surface area (Å²) < 4.78 is 15.6. The molecule has 2 aromatic carbocycles. The Labute approximate surface area is 145 Å². The summed E-state index contributed by atoms with van der Waals surface area (Å²) >= 11 is 0. The minimum absolute atomic E-state index is 0.524. The van der Waals surface area contributed by atoms with E-state index in [2.05, 4.69) is 11.0 Å². The molecule has 0 aliphatic carbocycles. The van der Waals surface area contributed by atoms with Crippen molar-refractivity contribution in [3.05, 3.63) is 71.6 Å². The van der Waals surface area contributed by atoms with Gasteiger partial charge < -0.3 is 0 Å². The third-order valence-corrected chi connectivity index (χ3v) is 4.56. The summed E-state index contributed by atoms with van der Waals surface area (Å²) in [5.74, 6) is 0.748. The van der Waals surface area contributed by atoms with Gasteiger partial charge in [0.1, 0.15) is 12.5 Å². The van der Waals surface area contributed by atoms with E-state index >= 15 is 0 Å².